The van der Waals surface area contributed by atoms with Gasteiger partial charge in [0.05, 0.1) is 5.69 Å². The molecule has 1 aromatic rings. The van der Waals surface area contributed by atoms with Crippen LogP contribution in [0.4, 0.5) is 0 Å². The quantitative estimate of drug-likeness (QED) is 0.794. The molecule has 0 atom stereocenters. The second-order valence-corrected chi connectivity index (χ2v) is 5.20. The highest BCUT2D eigenvalue weighted by Crippen LogP contribution is 2.16. The molecular formula is C14H23N3. The summed E-state index contributed by atoms with van der Waals surface area (Å²) in [7, 11) is 0. The van der Waals surface area contributed by atoms with E-state index < -0.39 is 0 Å². The molecule has 0 saturated carbocycles. The SMILES string of the molecule is C=CCN(Cc1ccc(CN)cn1)C(C)(C)C. The summed E-state index contributed by atoms with van der Waals surface area (Å²) in [5.41, 5.74) is 7.81. The van der Waals surface area contributed by atoms with Crippen molar-refractivity contribution in [2.24, 2.45) is 5.73 Å². The van der Waals surface area contributed by atoms with Gasteiger partial charge in [-0.15, -0.1) is 6.58 Å². The van der Waals surface area contributed by atoms with Crippen molar-refractivity contribution in [1.29, 1.82) is 0 Å². The summed E-state index contributed by atoms with van der Waals surface area (Å²) < 4.78 is 0. The first kappa shape index (κ1) is 13.9. The third kappa shape index (κ3) is 4.29. The lowest BCUT2D eigenvalue weighted by atomic mass is 10.1. The van der Waals surface area contributed by atoms with Gasteiger partial charge in [-0.2, -0.15) is 0 Å². The summed E-state index contributed by atoms with van der Waals surface area (Å²) in [5, 5.41) is 0. The fourth-order valence-corrected chi connectivity index (χ4v) is 1.60. The van der Waals surface area contributed by atoms with Gasteiger partial charge in [0.15, 0.2) is 0 Å². The van der Waals surface area contributed by atoms with Gasteiger partial charge in [-0.1, -0.05) is 12.1 Å². The van der Waals surface area contributed by atoms with Crippen LogP contribution in [0.5, 0.6) is 0 Å². The van der Waals surface area contributed by atoms with Gasteiger partial charge in [-0.3, -0.25) is 9.88 Å². The van der Waals surface area contributed by atoms with Crippen molar-refractivity contribution < 1.29 is 0 Å². The molecule has 0 aromatic carbocycles. The maximum Gasteiger partial charge on any atom is 0.0544 e. The molecule has 3 nitrogen and oxygen atoms in total. The molecule has 1 heterocycles. The van der Waals surface area contributed by atoms with Gasteiger partial charge in [0.1, 0.15) is 0 Å². The molecule has 1 aromatic heterocycles. The lowest BCUT2D eigenvalue weighted by molar-refractivity contribution is 0.143. The molecule has 0 radical (unpaired) electrons. The molecule has 0 spiro atoms. The highest BCUT2D eigenvalue weighted by molar-refractivity contribution is 5.14. The van der Waals surface area contributed by atoms with Gasteiger partial charge in [-0.25, -0.2) is 0 Å². The molecule has 0 bridgehead atoms. The third-order valence-corrected chi connectivity index (χ3v) is 2.77. The van der Waals surface area contributed by atoms with E-state index in [1.54, 1.807) is 0 Å². The Morgan fingerprint density at radius 2 is 2.12 bits per heavy atom. The average Bonchev–Trinajstić information content (AvgIpc) is 2.28. The van der Waals surface area contributed by atoms with Crippen LogP contribution in [0.2, 0.25) is 0 Å². The molecule has 0 unspecified atom stereocenters. The number of hydrogen-bond donors (Lipinski definition) is 1. The maximum atomic E-state index is 5.55. The minimum Gasteiger partial charge on any atom is -0.326 e. The molecule has 2 N–H and O–H groups in total. The Hall–Kier alpha value is -1.19. The smallest absolute Gasteiger partial charge is 0.0544 e. The highest BCUT2D eigenvalue weighted by atomic mass is 15.2. The maximum absolute atomic E-state index is 5.55. The lowest BCUT2D eigenvalue weighted by Gasteiger charge is -2.34. The van der Waals surface area contributed by atoms with Gasteiger partial charge in [-0.05, 0) is 32.4 Å². The number of nitrogens with two attached hydrogens (primary N) is 1. The number of rotatable bonds is 5. The van der Waals surface area contributed by atoms with Crippen LogP contribution >= 0.6 is 0 Å². The number of hydrogen-bond acceptors (Lipinski definition) is 3. The molecule has 0 saturated heterocycles. The van der Waals surface area contributed by atoms with Gasteiger partial charge in [0.2, 0.25) is 0 Å². The zero-order valence-electron chi connectivity index (χ0n) is 11.1. The Morgan fingerprint density at radius 3 is 2.53 bits per heavy atom. The summed E-state index contributed by atoms with van der Waals surface area (Å²) >= 11 is 0. The second kappa shape index (κ2) is 5.94. The third-order valence-electron chi connectivity index (χ3n) is 2.77. The Kier molecular flexibility index (Phi) is 4.85. The summed E-state index contributed by atoms with van der Waals surface area (Å²) in [6.07, 6.45) is 3.78. The van der Waals surface area contributed by atoms with E-state index in [2.05, 4.69) is 37.2 Å². The van der Waals surface area contributed by atoms with Crippen LogP contribution in [-0.4, -0.2) is 22.0 Å². The van der Waals surface area contributed by atoms with Crippen molar-refractivity contribution in [3.05, 3.63) is 42.2 Å². The molecule has 0 amide bonds. The summed E-state index contributed by atoms with van der Waals surface area (Å²) in [6.45, 7) is 12.6. The van der Waals surface area contributed by atoms with Crippen molar-refractivity contribution in [1.82, 2.24) is 9.88 Å². The average molecular weight is 233 g/mol. The molecule has 0 aliphatic heterocycles. The van der Waals surface area contributed by atoms with E-state index in [0.717, 1.165) is 24.3 Å². The van der Waals surface area contributed by atoms with Crippen molar-refractivity contribution >= 4 is 0 Å². The lowest BCUT2D eigenvalue weighted by Crippen LogP contribution is -2.41. The Balaban J connectivity index is 2.75. The van der Waals surface area contributed by atoms with E-state index in [9.17, 15) is 0 Å². The van der Waals surface area contributed by atoms with E-state index in [1.807, 2.05) is 24.4 Å². The first-order valence-electron chi connectivity index (χ1n) is 5.97. The molecule has 17 heavy (non-hydrogen) atoms. The van der Waals surface area contributed by atoms with E-state index in [1.165, 1.54) is 0 Å². The summed E-state index contributed by atoms with van der Waals surface area (Å²) in [6, 6.07) is 4.08. The monoisotopic (exact) mass is 233 g/mol. The topological polar surface area (TPSA) is 42.1 Å². The van der Waals surface area contributed by atoms with Crippen LogP contribution in [0.3, 0.4) is 0 Å². The number of aromatic nitrogens is 1. The Morgan fingerprint density at radius 1 is 1.41 bits per heavy atom. The van der Waals surface area contributed by atoms with Gasteiger partial charge in [0.25, 0.3) is 0 Å². The summed E-state index contributed by atoms with van der Waals surface area (Å²) in [5.74, 6) is 0. The molecular weight excluding hydrogens is 210 g/mol. The van der Waals surface area contributed by atoms with Crippen LogP contribution in [0.25, 0.3) is 0 Å². The van der Waals surface area contributed by atoms with Gasteiger partial charge in [0, 0.05) is 31.4 Å². The van der Waals surface area contributed by atoms with E-state index in [0.29, 0.717) is 6.54 Å². The van der Waals surface area contributed by atoms with Crippen LogP contribution in [0, 0.1) is 0 Å². The second-order valence-electron chi connectivity index (χ2n) is 5.20. The van der Waals surface area contributed by atoms with Crippen molar-refractivity contribution in [3.63, 3.8) is 0 Å². The minimum atomic E-state index is 0.114. The summed E-state index contributed by atoms with van der Waals surface area (Å²) in [4.78, 5) is 6.77. The first-order valence-corrected chi connectivity index (χ1v) is 5.97. The van der Waals surface area contributed by atoms with Crippen LogP contribution in [0.15, 0.2) is 31.0 Å². The largest absolute Gasteiger partial charge is 0.326 e. The molecule has 0 aliphatic rings. The van der Waals surface area contributed by atoms with Gasteiger partial charge < -0.3 is 5.73 Å². The van der Waals surface area contributed by atoms with E-state index >= 15 is 0 Å². The fourth-order valence-electron chi connectivity index (χ4n) is 1.60. The van der Waals surface area contributed by atoms with Gasteiger partial charge >= 0.3 is 0 Å². The zero-order valence-corrected chi connectivity index (χ0v) is 11.1. The number of nitrogens with zero attached hydrogens (tertiary/aromatic N) is 2. The highest BCUT2D eigenvalue weighted by Gasteiger charge is 2.20. The fraction of sp³-hybridized carbons (Fsp3) is 0.500. The van der Waals surface area contributed by atoms with Crippen molar-refractivity contribution in [2.45, 2.75) is 39.4 Å². The molecule has 3 heteroatoms. The normalized spacial score (nSPS) is 11.8. The van der Waals surface area contributed by atoms with Crippen molar-refractivity contribution in [3.8, 4) is 0 Å². The predicted octanol–water partition coefficient (Wildman–Crippen LogP) is 2.33. The molecule has 94 valence electrons. The first-order chi connectivity index (χ1) is 7.97. The van der Waals surface area contributed by atoms with Crippen molar-refractivity contribution in [2.75, 3.05) is 6.54 Å². The Labute approximate surface area is 104 Å². The molecule has 0 fully saturated rings. The van der Waals surface area contributed by atoms with E-state index in [-0.39, 0.29) is 5.54 Å². The zero-order chi connectivity index (χ0) is 12.9. The minimum absolute atomic E-state index is 0.114. The van der Waals surface area contributed by atoms with Crippen LogP contribution in [0.1, 0.15) is 32.0 Å². The van der Waals surface area contributed by atoms with E-state index in [4.69, 9.17) is 5.73 Å². The predicted molar refractivity (Wildman–Crippen MR) is 72.5 cm³/mol. The molecule has 0 aliphatic carbocycles. The standard InChI is InChI=1S/C14H23N3/c1-5-8-17(14(2,3)4)11-13-7-6-12(9-15)10-16-13/h5-7,10H,1,8-9,11,15H2,2-4H3. The molecule has 1 rings (SSSR count). The van der Waals surface area contributed by atoms with Crippen LogP contribution in [-0.2, 0) is 13.1 Å². The van der Waals surface area contributed by atoms with Crippen LogP contribution < -0.4 is 5.73 Å². The number of pyridine rings is 1. The Bertz CT molecular complexity index is 349.